The molecule has 0 unspecified atom stereocenters. The van der Waals surface area contributed by atoms with Gasteiger partial charge < -0.3 is 24.6 Å². The van der Waals surface area contributed by atoms with Crippen molar-refractivity contribution in [2.45, 2.75) is 19.9 Å². The van der Waals surface area contributed by atoms with Gasteiger partial charge in [0.1, 0.15) is 17.2 Å². The first-order valence-electron chi connectivity index (χ1n) is 10.2. The molecule has 4 rings (SSSR count). The van der Waals surface area contributed by atoms with Crippen molar-refractivity contribution in [3.05, 3.63) is 65.0 Å². The molecule has 2 aromatic carbocycles. The molecule has 0 spiro atoms. The number of esters is 1. The van der Waals surface area contributed by atoms with Crippen molar-refractivity contribution in [1.29, 1.82) is 0 Å². The number of aromatic hydroxyl groups is 2. The Morgan fingerprint density at radius 1 is 1.09 bits per heavy atom. The van der Waals surface area contributed by atoms with Crippen LogP contribution in [0.4, 0.5) is 0 Å². The zero-order chi connectivity index (χ0) is 22.8. The summed E-state index contributed by atoms with van der Waals surface area (Å²) in [6.07, 6.45) is 0.463. The average molecular weight is 437 g/mol. The summed E-state index contributed by atoms with van der Waals surface area (Å²) in [4.78, 5) is 27.2. The number of fused-ring (bicyclic) bond motifs is 1. The summed E-state index contributed by atoms with van der Waals surface area (Å²) in [6, 6.07) is 11.0. The Balaban J connectivity index is 1.71. The summed E-state index contributed by atoms with van der Waals surface area (Å²) in [5.74, 6) is -0.628. The number of methoxy groups -OCH3 is 1. The number of rotatable bonds is 5. The van der Waals surface area contributed by atoms with Crippen molar-refractivity contribution in [2.75, 3.05) is 20.3 Å². The van der Waals surface area contributed by atoms with E-state index in [0.717, 1.165) is 17.4 Å². The van der Waals surface area contributed by atoms with Crippen LogP contribution >= 0.6 is 0 Å². The molecule has 0 saturated heterocycles. The summed E-state index contributed by atoms with van der Waals surface area (Å²) in [7, 11) is 1.58. The van der Waals surface area contributed by atoms with Gasteiger partial charge in [0.15, 0.2) is 5.69 Å². The molecule has 1 aliphatic heterocycles. The van der Waals surface area contributed by atoms with Crippen molar-refractivity contribution in [2.24, 2.45) is 0 Å². The van der Waals surface area contributed by atoms with Crippen LogP contribution in [0.15, 0.2) is 42.5 Å². The highest BCUT2D eigenvalue weighted by Gasteiger charge is 2.31. The Hall–Kier alpha value is -4.01. The van der Waals surface area contributed by atoms with Crippen LogP contribution in [-0.2, 0) is 17.7 Å². The van der Waals surface area contributed by atoms with Crippen LogP contribution in [0.3, 0.4) is 0 Å². The molecule has 0 saturated carbocycles. The molecule has 32 heavy (non-hydrogen) atoms. The normalized spacial score (nSPS) is 12.9. The van der Waals surface area contributed by atoms with Crippen molar-refractivity contribution in [3.8, 4) is 22.9 Å². The van der Waals surface area contributed by atoms with E-state index < -0.39 is 5.97 Å². The summed E-state index contributed by atoms with van der Waals surface area (Å²) in [6.45, 7) is 2.45. The standard InChI is InChI=1S/C23H23N3O6/c1-3-32-23(30)21-19-13-25(22(29)14-10-16(27)12-17(28)11-14)9-8-20(19)26(24-21)15-4-6-18(31-2)7-5-15/h4-7,10-12,27-28H,3,8-9,13H2,1-2H3. The molecular weight excluding hydrogens is 414 g/mol. The average Bonchev–Trinajstić information content (AvgIpc) is 3.17. The van der Waals surface area contributed by atoms with Gasteiger partial charge in [-0.05, 0) is 43.3 Å². The largest absolute Gasteiger partial charge is 0.508 e. The van der Waals surface area contributed by atoms with E-state index in [9.17, 15) is 19.8 Å². The second kappa shape index (κ2) is 8.62. The first-order valence-corrected chi connectivity index (χ1v) is 10.2. The highest BCUT2D eigenvalue weighted by Crippen LogP contribution is 2.29. The molecule has 1 aromatic heterocycles. The molecular formula is C23H23N3O6. The van der Waals surface area contributed by atoms with Crippen LogP contribution in [0, 0.1) is 0 Å². The molecule has 0 fully saturated rings. The SMILES string of the molecule is CCOC(=O)c1nn(-c2ccc(OC)cc2)c2c1CN(C(=O)c1cc(O)cc(O)c1)CC2. The zero-order valence-corrected chi connectivity index (χ0v) is 17.7. The number of amides is 1. The van der Waals surface area contributed by atoms with Gasteiger partial charge in [0.25, 0.3) is 5.91 Å². The lowest BCUT2D eigenvalue weighted by Crippen LogP contribution is -2.36. The Morgan fingerprint density at radius 3 is 2.41 bits per heavy atom. The first-order chi connectivity index (χ1) is 15.4. The minimum atomic E-state index is -0.555. The molecule has 166 valence electrons. The van der Waals surface area contributed by atoms with Gasteiger partial charge >= 0.3 is 5.97 Å². The van der Waals surface area contributed by atoms with Crippen LogP contribution in [0.2, 0.25) is 0 Å². The number of benzene rings is 2. The number of carbonyl (C=O) groups excluding carboxylic acids is 2. The minimum absolute atomic E-state index is 0.148. The molecule has 9 nitrogen and oxygen atoms in total. The first kappa shape index (κ1) is 21.2. The Morgan fingerprint density at radius 2 is 1.78 bits per heavy atom. The van der Waals surface area contributed by atoms with Gasteiger partial charge in [0.2, 0.25) is 0 Å². The number of ether oxygens (including phenoxy) is 2. The maximum absolute atomic E-state index is 13.0. The van der Waals surface area contributed by atoms with E-state index in [2.05, 4.69) is 5.10 Å². The number of phenolic OH excluding ortho intramolecular Hbond substituents is 2. The van der Waals surface area contributed by atoms with Gasteiger partial charge in [-0.1, -0.05) is 0 Å². The van der Waals surface area contributed by atoms with Gasteiger partial charge in [0.05, 0.1) is 31.6 Å². The topological polar surface area (TPSA) is 114 Å². The van der Waals surface area contributed by atoms with Crippen molar-refractivity contribution >= 4 is 11.9 Å². The predicted octanol–water partition coefficient (Wildman–Crippen LogP) is 2.67. The maximum Gasteiger partial charge on any atom is 0.359 e. The summed E-state index contributed by atoms with van der Waals surface area (Å²) in [5.41, 5.74) is 2.51. The van der Waals surface area contributed by atoms with E-state index in [-0.39, 0.29) is 41.8 Å². The Kier molecular flexibility index (Phi) is 5.72. The Bertz CT molecular complexity index is 1150. The summed E-state index contributed by atoms with van der Waals surface area (Å²) >= 11 is 0. The van der Waals surface area contributed by atoms with Gasteiger partial charge in [-0.2, -0.15) is 5.10 Å². The third-order valence-corrected chi connectivity index (χ3v) is 5.28. The zero-order valence-electron chi connectivity index (χ0n) is 17.7. The van der Waals surface area contributed by atoms with Crippen molar-refractivity contribution in [3.63, 3.8) is 0 Å². The third kappa shape index (κ3) is 3.96. The smallest absolute Gasteiger partial charge is 0.359 e. The Labute approximate surface area is 184 Å². The molecule has 1 amide bonds. The molecule has 1 aliphatic rings. The summed E-state index contributed by atoms with van der Waals surface area (Å²) in [5, 5.41) is 24.0. The van der Waals surface area contributed by atoms with Crippen LogP contribution in [0.1, 0.15) is 39.0 Å². The molecule has 2 heterocycles. The minimum Gasteiger partial charge on any atom is -0.508 e. The van der Waals surface area contributed by atoms with Crippen molar-refractivity contribution < 1.29 is 29.3 Å². The monoisotopic (exact) mass is 437 g/mol. The van der Waals surface area contributed by atoms with Crippen LogP contribution in [-0.4, -0.2) is 57.0 Å². The second-order valence-corrected chi connectivity index (χ2v) is 7.32. The third-order valence-electron chi connectivity index (χ3n) is 5.28. The maximum atomic E-state index is 13.0. The lowest BCUT2D eigenvalue weighted by molar-refractivity contribution is 0.0513. The molecule has 3 aromatic rings. The van der Waals surface area contributed by atoms with E-state index in [1.165, 1.54) is 12.1 Å². The molecule has 2 N–H and O–H groups in total. The fraction of sp³-hybridized carbons (Fsp3) is 0.261. The van der Waals surface area contributed by atoms with Crippen LogP contribution in [0.5, 0.6) is 17.2 Å². The number of hydrogen-bond acceptors (Lipinski definition) is 7. The van der Waals surface area contributed by atoms with E-state index >= 15 is 0 Å². The molecule has 0 aliphatic carbocycles. The van der Waals surface area contributed by atoms with Gasteiger partial charge in [-0.25, -0.2) is 9.48 Å². The molecule has 0 bridgehead atoms. The van der Waals surface area contributed by atoms with Gasteiger partial charge in [-0.3, -0.25) is 4.79 Å². The van der Waals surface area contributed by atoms with Crippen LogP contribution < -0.4 is 4.74 Å². The molecule has 9 heteroatoms. The van der Waals surface area contributed by atoms with E-state index in [0.29, 0.717) is 24.3 Å². The quantitative estimate of drug-likeness (QED) is 0.590. The summed E-state index contributed by atoms with van der Waals surface area (Å²) < 4.78 is 12.1. The van der Waals surface area contributed by atoms with Crippen LogP contribution in [0.25, 0.3) is 5.69 Å². The van der Waals surface area contributed by atoms with E-state index in [4.69, 9.17) is 9.47 Å². The number of aromatic nitrogens is 2. The van der Waals surface area contributed by atoms with Gasteiger partial charge in [0, 0.05) is 30.2 Å². The lowest BCUT2D eigenvalue weighted by Gasteiger charge is -2.28. The molecule has 0 radical (unpaired) electrons. The number of nitrogens with zero attached hydrogens (tertiary/aromatic N) is 3. The number of hydrogen-bond donors (Lipinski definition) is 2. The second-order valence-electron chi connectivity index (χ2n) is 7.32. The highest BCUT2D eigenvalue weighted by atomic mass is 16.5. The number of phenols is 2. The van der Waals surface area contributed by atoms with Gasteiger partial charge in [-0.15, -0.1) is 0 Å². The van der Waals surface area contributed by atoms with E-state index in [1.54, 1.807) is 35.7 Å². The van der Waals surface area contributed by atoms with E-state index in [1.807, 2.05) is 12.1 Å². The fourth-order valence-corrected chi connectivity index (χ4v) is 3.79. The fourth-order valence-electron chi connectivity index (χ4n) is 3.79. The predicted molar refractivity (Wildman–Crippen MR) is 114 cm³/mol. The molecule has 0 atom stereocenters. The highest BCUT2D eigenvalue weighted by molar-refractivity contribution is 5.96. The lowest BCUT2D eigenvalue weighted by atomic mass is 10.0. The number of carbonyl (C=O) groups is 2. The van der Waals surface area contributed by atoms with Crippen molar-refractivity contribution in [1.82, 2.24) is 14.7 Å².